The number of benzene rings is 1. The van der Waals surface area contributed by atoms with Crippen LogP contribution in [0.25, 0.3) is 10.9 Å². The average molecular weight is 420 g/mol. The number of aromatic nitrogens is 2. The van der Waals surface area contributed by atoms with Crippen LogP contribution in [0.3, 0.4) is 0 Å². The van der Waals surface area contributed by atoms with E-state index < -0.39 is 5.97 Å². The normalized spacial score (nSPS) is 20.3. The Hall–Kier alpha value is -3.39. The number of esters is 1. The molecule has 2 aliphatic heterocycles. The van der Waals surface area contributed by atoms with Crippen molar-refractivity contribution in [2.24, 2.45) is 5.92 Å². The molecule has 31 heavy (non-hydrogen) atoms. The van der Waals surface area contributed by atoms with E-state index in [4.69, 9.17) is 4.74 Å². The number of H-pyrrole nitrogens is 1. The summed E-state index contributed by atoms with van der Waals surface area (Å²) in [7, 11) is 1.31. The molecule has 2 aliphatic rings. The van der Waals surface area contributed by atoms with E-state index in [1.54, 1.807) is 6.07 Å². The van der Waals surface area contributed by atoms with Gasteiger partial charge in [0, 0.05) is 48.2 Å². The molecule has 8 heteroatoms. The summed E-state index contributed by atoms with van der Waals surface area (Å²) in [6.45, 7) is 2.41. The van der Waals surface area contributed by atoms with E-state index in [0.717, 1.165) is 36.1 Å². The number of amides is 1. The highest BCUT2D eigenvalue weighted by Gasteiger charge is 2.35. The fourth-order valence-corrected chi connectivity index (χ4v) is 5.03. The quantitative estimate of drug-likeness (QED) is 0.631. The summed E-state index contributed by atoms with van der Waals surface area (Å²) in [4.78, 5) is 42.5. The Morgan fingerprint density at radius 2 is 1.97 bits per heavy atom. The van der Waals surface area contributed by atoms with Crippen LogP contribution < -0.4 is 10.9 Å². The molecule has 1 saturated heterocycles. The Morgan fingerprint density at radius 3 is 2.81 bits per heavy atom. The van der Waals surface area contributed by atoms with Gasteiger partial charge in [-0.05, 0) is 24.5 Å². The second kappa shape index (κ2) is 7.70. The summed E-state index contributed by atoms with van der Waals surface area (Å²) in [5.74, 6) is -0.118. The summed E-state index contributed by atoms with van der Waals surface area (Å²) in [6.07, 6.45) is 1.04. The molecule has 5 rings (SSSR count). The van der Waals surface area contributed by atoms with Gasteiger partial charge in [0.25, 0.3) is 5.56 Å². The van der Waals surface area contributed by atoms with Crippen LogP contribution in [0.5, 0.6) is 0 Å². The van der Waals surface area contributed by atoms with E-state index in [1.165, 1.54) is 7.11 Å². The van der Waals surface area contributed by atoms with E-state index >= 15 is 0 Å². The van der Waals surface area contributed by atoms with Crippen molar-refractivity contribution in [1.82, 2.24) is 14.5 Å². The van der Waals surface area contributed by atoms with E-state index in [1.807, 2.05) is 41.0 Å². The standard InChI is InChI=1S/C23H24N4O4/c1-31-23(30)22-21(16-5-2-3-6-17(16)24-22)25-19(28)13-26-10-14-9-15(12-26)18-7-4-8-20(29)27(18)11-14/h2-8,14-15,24H,9-13H2,1H3,(H,25,28). The Kier molecular flexibility index (Phi) is 4.86. The molecule has 2 unspecified atom stereocenters. The molecule has 0 spiro atoms. The van der Waals surface area contributed by atoms with Crippen molar-refractivity contribution in [2.45, 2.75) is 18.9 Å². The fraction of sp³-hybridized carbons (Fsp3) is 0.348. The van der Waals surface area contributed by atoms with Crippen LogP contribution in [-0.4, -0.2) is 53.1 Å². The fourth-order valence-electron chi connectivity index (χ4n) is 5.03. The highest BCUT2D eigenvalue weighted by molar-refractivity contribution is 6.11. The maximum absolute atomic E-state index is 12.9. The first-order valence-electron chi connectivity index (χ1n) is 10.4. The lowest BCUT2D eigenvalue weighted by Crippen LogP contribution is -2.49. The van der Waals surface area contributed by atoms with Gasteiger partial charge in [-0.2, -0.15) is 0 Å². The maximum atomic E-state index is 12.9. The zero-order valence-electron chi connectivity index (χ0n) is 17.3. The lowest BCUT2D eigenvalue weighted by molar-refractivity contribution is -0.117. The summed E-state index contributed by atoms with van der Waals surface area (Å²) < 4.78 is 6.75. The molecule has 8 nitrogen and oxygen atoms in total. The lowest BCUT2D eigenvalue weighted by atomic mass is 9.83. The number of piperidine rings is 1. The van der Waals surface area contributed by atoms with Crippen LogP contribution in [0.4, 0.5) is 5.69 Å². The van der Waals surface area contributed by atoms with Gasteiger partial charge < -0.3 is 19.6 Å². The van der Waals surface area contributed by atoms with Crippen molar-refractivity contribution >= 4 is 28.5 Å². The maximum Gasteiger partial charge on any atom is 0.356 e. The van der Waals surface area contributed by atoms with Crippen molar-refractivity contribution in [3.05, 3.63) is 64.2 Å². The van der Waals surface area contributed by atoms with Crippen LogP contribution in [0.15, 0.2) is 47.3 Å². The summed E-state index contributed by atoms with van der Waals surface area (Å²) in [5.41, 5.74) is 2.54. The zero-order chi connectivity index (χ0) is 21.5. The second-order valence-electron chi connectivity index (χ2n) is 8.35. The number of ether oxygens (including phenoxy) is 1. The number of pyridine rings is 1. The van der Waals surface area contributed by atoms with Crippen LogP contribution >= 0.6 is 0 Å². The number of carbonyl (C=O) groups is 2. The molecule has 2 aromatic heterocycles. The Morgan fingerprint density at radius 1 is 1.13 bits per heavy atom. The minimum atomic E-state index is -0.527. The monoisotopic (exact) mass is 420 g/mol. The zero-order valence-corrected chi connectivity index (χ0v) is 17.3. The van der Waals surface area contributed by atoms with Crippen LogP contribution in [0.2, 0.25) is 0 Å². The highest BCUT2D eigenvalue weighted by atomic mass is 16.5. The van der Waals surface area contributed by atoms with Crippen LogP contribution in [0, 0.1) is 5.92 Å². The third-order valence-corrected chi connectivity index (χ3v) is 6.28. The first-order chi connectivity index (χ1) is 15.0. The number of likely N-dealkylation sites (tertiary alicyclic amines) is 1. The molecule has 3 aromatic rings. The SMILES string of the molecule is COC(=O)c1[nH]c2ccccc2c1NC(=O)CN1CC2CC(C1)c1cccc(=O)n1C2. The third-order valence-electron chi connectivity index (χ3n) is 6.28. The summed E-state index contributed by atoms with van der Waals surface area (Å²) in [5, 5.41) is 3.69. The molecule has 1 amide bonds. The topological polar surface area (TPSA) is 96.4 Å². The van der Waals surface area contributed by atoms with Gasteiger partial charge in [0.15, 0.2) is 0 Å². The number of nitrogens with one attached hydrogen (secondary N) is 2. The van der Waals surface area contributed by atoms with Gasteiger partial charge in [-0.1, -0.05) is 24.3 Å². The number of fused-ring (bicyclic) bond motifs is 5. The number of rotatable bonds is 4. The Bertz CT molecular complexity index is 1230. The predicted octanol–water partition coefficient (Wildman–Crippen LogP) is 2.17. The molecule has 2 bridgehead atoms. The van der Waals surface area contributed by atoms with Crippen LogP contribution in [-0.2, 0) is 16.1 Å². The summed E-state index contributed by atoms with van der Waals surface area (Å²) in [6, 6.07) is 12.9. The molecule has 160 valence electrons. The first kappa shape index (κ1) is 19.6. The van der Waals surface area contributed by atoms with Crippen molar-refractivity contribution in [3.63, 3.8) is 0 Å². The number of hydrogen-bond acceptors (Lipinski definition) is 5. The molecule has 4 heterocycles. The van der Waals surface area contributed by atoms with Crippen molar-refractivity contribution in [1.29, 1.82) is 0 Å². The molecule has 1 aromatic carbocycles. The molecule has 2 atom stereocenters. The van der Waals surface area contributed by atoms with Crippen molar-refractivity contribution in [2.75, 3.05) is 32.1 Å². The van der Waals surface area contributed by atoms with E-state index in [9.17, 15) is 14.4 Å². The molecule has 0 radical (unpaired) electrons. The molecule has 0 aliphatic carbocycles. The van der Waals surface area contributed by atoms with E-state index in [0.29, 0.717) is 18.2 Å². The molecule has 0 saturated carbocycles. The van der Waals surface area contributed by atoms with Crippen molar-refractivity contribution in [3.8, 4) is 0 Å². The van der Waals surface area contributed by atoms with E-state index in [-0.39, 0.29) is 29.6 Å². The average Bonchev–Trinajstić information content (AvgIpc) is 3.12. The highest BCUT2D eigenvalue weighted by Crippen LogP contribution is 2.35. The van der Waals surface area contributed by atoms with Crippen LogP contribution in [0.1, 0.15) is 28.5 Å². The van der Waals surface area contributed by atoms with Gasteiger partial charge >= 0.3 is 5.97 Å². The minimum Gasteiger partial charge on any atom is -0.464 e. The van der Waals surface area contributed by atoms with Gasteiger partial charge in [0.2, 0.25) is 5.91 Å². The van der Waals surface area contributed by atoms with Gasteiger partial charge in [-0.15, -0.1) is 0 Å². The predicted molar refractivity (Wildman–Crippen MR) is 116 cm³/mol. The number of nitrogens with zero attached hydrogens (tertiary/aromatic N) is 2. The Labute approximate surface area is 178 Å². The van der Waals surface area contributed by atoms with Gasteiger partial charge in [0.1, 0.15) is 5.69 Å². The number of para-hydroxylation sites is 1. The van der Waals surface area contributed by atoms with E-state index in [2.05, 4.69) is 15.2 Å². The third kappa shape index (κ3) is 3.53. The van der Waals surface area contributed by atoms with Gasteiger partial charge in [-0.3, -0.25) is 14.5 Å². The number of methoxy groups -OCH3 is 1. The molecule has 2 N–H and O–H groups in total. The molecule has 1 fully saturated rings. The second-order valence-corrected chi connectivity index (χ2v) is 8.35. The number of hydrogen-bond donors (Lipinski definition) is 2. The first-order valence-corrected chi connectivity index (χ1v) is 10.4. The van der Waals surface area contributed by atoms with Gasteiger partial charge in [-0.25, -0.2) is 4.79 Å². The number of aromatic amines is 1. The largest absolute Gasteiger partial charge is 0.464 e. The molecular weight excluding hydrogens is 396 g/mol. The summed E-state index contributed by atoms with van der Waals surface area (Å²) >= 11 is 0. The van der Waals surface area contributed by atoms with Gasteiger partial charge in [0.05, 0.1) is 19.3 Å². The smallest absolute Gasteiger partial charge is 0.356 e. The number of anilines is 1. The Balaban J connectivity index is 1.34. The number of carbonyl (C=O) groups excluding carboxylic acids is 2. The van der Waals surface area contributed by atoms with Crippen molar-refractivity contribution < 1.29 is 14.3 Å². The molecular formula is C23H24N4O4. The minimum absolute atomic E-state index is 0.0491. The lowest BCUT2D eigenvalue weighted by Gasteiger charge is -2.42.